The molecule has 0 spiro atoms. The first-order valence-electron chi connectivity index (χ1n) is 4.11. The van der Waals surface area contributed by atoms with Gasteiger partial charge < -0.3 is 5.73 Å². The summed E-state index contributed by atoms with van der Waals surface area (Å²) in [4.78, 5) is 10.2. The van der Waals surface area contributed by atoms with Crippen LogP contribution in [0.2, 0.25) is 0 Å². The predicted octanol–water partition coefficient (Wildman–Crippen LogP) is 1.19. The van der Waals surface area contributed by atoms with E-state index in [2.05, 4.69) is 5.18 Å². The van der Waals surface area contributed by atoms with Crippen molar-refractivity contribution in [1.82, 2.24) is 0 Å². The Morgan fingerprint density at radius 1 is 1.64 bits per heavy atom. The lowest BCUT2D eigenvalue weighted by Gasteiger charge is -2.39. The fraction of sp³-hybridized carbons (Fsp3) is 0.750. The van der Waals surface area contributed by atoms with Crippen LogP contribution >= 0.6 is 0 Å². The van der Waals surface area contributed by atoms with Gasteiger partial charge in [0.2, 0.25) is 0 Å². The fourth-order valence-corrected chi connectivity index (χ4v) is 2.13. The van der Waals surface area contributed by atoms with Crippen LogP contribution in [0.5, 0.6) is 0 Å². The highest BCUT2D eigenvalue weighted by Crippen LogP contribution is 2.40. The zero-order valence-corrected chi connectivity index (χ0v) is 6.36. The summed E-state index contributed by atoms with van der Waals surface area (Å²) in [6, 6.07) is 0.0757. The fourth-order valence-electron chi connectivity index (χ4n) is 2.13. The molecule has 11 heavy (non-hydrogen) atoms. The van der Waals surface area contributed by atoms with Gasteiger partial charge in [0.15, 0.2) is 0 Å². The minimum absolute atomic E-state index is 0.111. The Balaban J connectivity index is 2.15. The topological polar surface area (TPSA) is 55.4 Å². The average Bonchev–Trinajstić information content (AvgIpc) is 1.93. The van der Waals surface area contributed by atoms with Gasteiger partial charge in [0, 0.05) is 12.0 Å². The summed E-state index contributed by atoms with van der Waals surface area (Å²) in [5.74, 6) is 0.293. The standard InChI is InChI=1S/C8H12N2O/c9-6-3-1-2-5-4-7(10-11)8(5)6/h4,6-8H,1-3,9H2. The van der Waals surface area contributed by atoms with Gasteiger partial charge in [0.05, 0.1) is 0 Å². The van der Waals surface area contributed by atoms with Crippen LogP contribution in [0.3, 0.4) is 0 Å². The van der Waals surface area contributed by atoms with E-state index in [1.54, 1.807) is 0 Å². The van der Waals surface area contributed by atoms with Crippen molar-refractivity contribution in [2.75, 3.05) is 0 Å². The van der Waals surface area contributed by atoms with Crippen LogP contribution in [0, 0.1) is 10.8 Å². The maximum Gasteiger partial charge on any atom is 0.118 e. The molecule has 0 heterocycles. The highest BCUT2D eigenvalue weighted by molar-refractivity contribution is 5.29. The van der Waals surface area contributed by atoms with E-state index >= 15 is 0 Å². The van der Waals surface area contributed by atoms with Gasteiger partial charge in [0.25, 0.3) is 0 Å². The van der Waals surface area contributed by atoms with Crippen LogP contribution in [0.25, 0.3) is 0 Å². The van der Waals surface area contributed by atoms with Crippen molar-refractivity contribution in [3.8, 4) is 0 Å². The van der Waals surface area contributed by atoms with E-state index < -0.39 is 0 Å². The molecular formula is C8H12N2O. The monoisotopic (exact) mass is 152 g/mol. The van der Waals surface area contributed by atoms with Crippen LogP contribution in [0.1, 0.15) is 19.3 Å². The first-order valence-corrected chi connectivity index (χ1v) is 4.11. The highest BCUT2D eigenvalue weighted by Gasteiger charge is 2.39. The summed E-state index contributed by atoms with van der Waals surface area (Å²) in [6.07, 6.45) is 5.32. The normalized spacial score (nSPS) is 41.9. The van der Waals surface area contributed by atoms with E-state index in [1.807, 2.05) is 6.08 Å². The summed E-state index contributed by atoms with van der Waals surface area (Å²) in [6.45, 7) is 0. The molecule has 0 radical (unpaired) electrons. The zero-order chi connectivity index (χ0) is 7.84. The van der Waals surface area contributed by atoms with Gasteiger partial charge in [-0.25, -0.2) is 0 Å². The summed E-state index contributed by atoms with van der Waals surface area (Å²) in [7, 11) is 0. The van der Waals surface area contributed by atoms with Crippen molar-refractivity contribution in [2.24, 2.45) is 16.8 Å². The van der Waals surface area contributed by atoms with Gasteiger partial charge in [-0.3, -0.25) is 0 Å². The molecule has 2 rings (SSSR count). The maximum absolute atomic E-state index is 10.2. The van der Waals surface area contributed by atoms with E-state index in [9.17, 15) is 4.91 Å². The number of rotatable bonds is 1. The first-order chi connectivity index (χ1) is 5.33. The smallest absolute Gasteiger partial charge is 0.118 e. The van der Waals surface area contributed by atoms with E-state index in [0.717, 1.165) is 12.8 Å². The Kier molecular flexibility index (Phi) is 1.53. The Bertz CT molecular complexity index is 212. The Labute approximate surface area is 65.6 Å². The number of nitrogens with two attached hydrogens (primary N) is 1. The predicted molar refractivity (Wildman–Crippen MR) is 43.0 cm³/mol. The SMILES string of the molecule is NC1CCCC2=CC(N=O)C21. The Morgan fingerprint density at radius 3 is 3.09 bits per heavy atom. The molecule has 2 N–H and O–H groups in total. The third-order valence-corrected chi connectivity index (χ3v) is 2.77. The number of nitroso groups, excluding NO2 is 1. The van der Waals surface area contributed by atoms with Crippen LogP contribution in [-0.4, -0.2) is 12.1 Å². The van der Waals surface area contributed by atoms with Crippen molar-refractivity contribution in [3.63, 3.8) is 0 Å². The van der Waals surface area contributed by atoms with Crippen molar-refractivity contribution in [2.45, 2.75) is 31.3 Å². The summed E-state index contributed by atoms with van der Waals surface area (Å²) < 4.78 is 0. The van der Waals surface area contributed by atoms with E-state index in [0.29, 0.717) is 5.92 Å². The number of hydrogen-bond acceptors (Lipinski definition) is 3. The molecule has 2 aliphatic rings. The van der Waals surface area contributed by atoms with Crippen molar-refractivity contribution in [1.29, 1.82) is 0 Å². The molecule has 3 heteroatoms. The van der Waals surface area contributed by atoms with Gasteiger partial charge >= 0.3 is 0 Å². The lowest BCUT2D eigenvalue weighted by Crippen LogP contribution is -2.45. The average molecular weight is 152 g/mol. The van der Waals surface area contributed by atoms with Crippen LogP contribution in [0.4, 0.5) is 0 Å². The van der Waals surface area contributed by atoms with E-state index in [1.165, 1.54) is 12.0 Å². The number of fused-ring (bicyclic) bond motifs is 1. The molecule has 0 aromatic rings. The molecule has 1 saturated carbocycles. The molecular weight excluding hydrogens is 140 g/mol. The van der Waals surface area contributed by atoms with Crippen LogP contribution in [0.15, 0.2) is 16.8 Å². The van der Waals surface area contributed by atoms with Gasteiger partial charge in [-0.1, -0.05) is 16.8 Å². The lowest BCUT2D eigenvalue weighted by atomic mass is 9.69. The van der Waals surface area contributed by atoms with E-state index in [-0.39, 0.29) is 12.1 Å². The summed E-state index contributed by atoms with van der Waals surface area (Å²) in [5.41, 5.74) is 7.22. The maximum atomic E-state index is 10.2. The molecule has 0 amide bonds. The third-order valence-electron chi connectivity index (χ3n) is 2.77. The minimum Gasteiger partial charge on any atom is -0.327 e. The molecule has 0 bridgehead atoms. The largest absolute Gasteiger partial charge is 0.327 e. The molecule has 3 atom stereocenters. The third kappa shape index (κ3) is 0.913. The molecule has 1 fully saturated rings. The molecule has 0 saturated heterocycles. The summed E-state index contributed by atoms with van der Waals surface area (Å²) in [5, 5.41) is 3.02. The molecule has 3 nitrogen and oxygen atoms in total. The highest BCUT2D eigenvalue weighted by atomic mass is 16.3. The number of nitrogens with zero attached hydrogens (tertiary/aromatic N) is 1. The second-order valence-electron chi connectivity index (χ2n) is 3.42. The van der Waals surface area contributed by atoms with Gasteiger partial charge in [0.1, 0.15) is 6.04 Å². The second-order valence-corrected chi connectivity index (χ2v) is 3.42. The minimum atomic E-state index is -0.111. The summed E-state index contributed by atoms with van der Waals surface area (Å²) >= 11 is 0. The molecule has 3 unspecified atom stereocenters. The Morgan fingerprint density at radius 2 is 2.45 bits per heavy atom. The molecule has 0 aromatic carbocycles. The van der Waals surface area contributed by atoms with Gasteiger partial charge in [-0.15, -0.1) is 0 Å². The second kappa shape index (κ2) is 2.41. The molecule has 0 aromatic heterocycles. The van der Waals surface area contributed by atoms with Crippen LogP contribution in [-0.2, 0) is 0 Å². The zero-order valence-electron chi connectivity index (χ0n) is 6.36. The quantitative estimate of drug-likeness (QED) is 0.453. The van der Waals surface area contributed by atoms with Crippen molar-refractivity contribution < 1.29 is 0 Å². The number of hydrogen-bond donors (Lipinski definition) is 1. The van der Waals surface area contributed by atoms with E-state index in [4.69, 9.17) is 5.73 Å². The lowest BCUT2D eigenvalue weighted by molar-refractivity contribution is 0.325. The van der Waals surface area contributed by atoms with Crippen LogP contribution < -0.4 is 5.73 Å². The first kappa shape index (κ1) is 6.98. The van der Waals surface area contributed by atoms with Crippen molar-refractivity contribution in [3.05, 3.63) is 16.6 Å². The van der Waals surface area contributed by atoms with Gasteiger partial charge in [-0.05, 0) is 19.3 Å². The molecule has 0 aliphatic heterocycles. The van der Waals surface area contributed by atoms with Crippen molar-refractivity contribution >= 4 is 0 Å². The molecule has 2 aliphatic carbocycles. The Hall–Kier alpha value is -0.700. The van der Waals surface area contributed by atoms with Gasteiger partial charge in [-0.2, -0.15) is 4.91 Å². The molecule has 60 valence electrons.